The second kappa shape index (κ2) is 6.12. The molecule has 0 aromatic rings. The second-order valence-corrected chi connectivity index (χ2v) is 4.28. The molecule has 1 N–H and O–H groups in total. The molecule has 2 atom stereocenters. The van der Waals surface area contributed by atoms with Gasteiger partial charge in [-0.05, 0) is 39.0 Å². The molecule has 0 heterocycles. The van der Waals surface area contributed by atoms with Gasteiger partial charge >= 0.3 is 6.09 Å². The molecule has 0 aromatic carbocycles. The van der Waals surface area contributed by atoms with Gasteiger partial charge in [0.15, 0.2) is 0 Å². The lowest BCUT2D eigenvalue weighted by Crippen LogP contribution is -2.34. The van der Waals surface area contributed by atoms with Crippen LogP contribution in [0.25, 0.3) is 0 Å². The van der Waals surface area contributed by atoms with Crippen molar-refractivity contribution in [1.82, 2.24) is 5.32 Å². The molecule has 2 unspecified atom stereocenters. The van der Waals surface area contributed by atoms with Gasteiger partial charge in [-0.3, -0.25) is 0 Å². The molecule has 82 valence electrons. The molecular formula is C10H18ClNO2. The number of amides is 1. The van der Waals surface area contributed by atoms with Gasteiger partial charge in [-0.2, -0.15) is 0 Å². The minimum absolute atomic E-state index is 0.248. The minimum atomic E-state index is -0.300. The van der Waals surface area contributed by atoms with Gasteiger partial charge in [-0.25, -0.2) is 4.79 Å². The van der Waals surface area contributed by atoms with Crippen LogP contribution >= 0.6 is 11.6 Å². The third-order valence-electron chi connectivity index (χ3n) is 2.50. The third-order valence-corrected chi connectivity index (χ3v) is 2.93. The molecule has 0 radical (unpaired) electrons. The maximum Gasteiger partial charge on any atom is 0.407 e. The Morgan fingerprint density at radius 2 is 2.21 bits per heavy atom. The van der Waals surface area contributed by atoms with Crippen molar-refractivity contribution >= 4 is 17.7 Å². The van der Waals surface area contributed by atoms with Gasteiger partial charge in [0.25, 0.3) is 0 Å². The van der Waals surface area contributed by atoms with Crippen LogP contribution in [0.1, 0.15) is 39.0 Å². The van der Waals surface area contributed by atoms with Crippen LogP contribution in [0.3, 0.4) is 0 Å². The third kappa shape index (κ3) is 4.18. The highest BCUT2D eigenvalue weighted by molar-refractivity contribution is 6.20. The number of nitrogens with one attached hydrogen (secondary N) is 1. The van der Waals surface area contributed by atoms with E-state index >= 15 is 0 Å². The lowest BCUT2D eigenvalue weighted by molar-refractivity contribution is 0.147. The first-order chi connectivity index (χ1) is 6.72. The van der Waals surface area contributed by atoms with E-state index in [9.17, 15) is 4.79 Å². The Kier molecular flexibility index (Phi) is 5.09. The number of hydrogen-bond donors (Lipinski definition) is 1. The quantitative estimate of drug-likeness (QED) is 0.573. The predicted octanol–water partition coefficient (Wildman–Crippen LogP) is 2.67. The van der Waals surface area contributed by atoms with Gasteiger partial charge in [0.1, 0.15) is 0 Å². The molecule has 1 amide bonds. The molecule has 3 nitrogen and oxygen atoms in total. The van der Waals surface area contributed by atoms with Crippen molar-refractivity contribution in [2.45, 2.75) is 50.4 Å². The number of halogens is 1. The average Bonchev–Trinajstić information content (AvgIpc) is 2.32. The molecule has 1 aliphatic carbocycles. The summed E-state index contributed by atoms with van der Waals surface area (Å²) in [5, 5.41) is 3.14. The Labute approximate surface area is 90.1 Å². The summed E-state index contributed by atoms with van der Waals surface area (Å²) in [7, 11) is 0. The molecule has 14 heavy (non-hydrogen) atoms. The van der Waals surface area contributed by atoms with Crippen LogP contribution in [-0.4, -0.2) is 24.1 Å². The summed E-state index contributed by atoms with van der Waals surface area (Å²) in [4.78, 5) is 11.1. The zero-order valence-electron chi connectivity index (χ0n) is 8.59. The number of alkyl halides is 1. The van der Waals surface area contributed by atoms with Crippen LogP contribution in [-0.2, 0) is 4.74 Å². The van der Waals surface area contributed by atoms with E-state index in [0.29, 0.717) is 6.61 Å². The van der Waals surface area contributed by atoms with Gasteiger partial charge in [-0.1, -0.05) is 0 Å². The standard InChI is InChI=1S/C10H18ClNO2/c1-2-14-10(13)12-9-5-3-4-8(11)6-7-9/h8-9H,2-7H2,1H3,(H,12,13). The number of alkyl carbamates (subject to hydrolysis) is 1. The summed E-state index contributed by atoms with van der Waals surface area (Å²) in [6.07, 6.45) is 4.81. The maximum atomic E-state index is 11.1. The summed E-state index contributed by atoms with van der Waals surface area (Å²) in [5.74, 6) is 0. The Balaban J connectivity index is 2.26. The van der Waals surface area contributed by atoms with Crippen LogP contribution in [0.2, 0.25) is 0 Å². The number of carbonyl (C=O) groups is 1. The molecule has 0 bridgehead atoms. The summed E-state index contributed by atoms with van der Waals surface area (Å²) in [5.41, 5.74) is 0. The highest BCUT2D eigenvalue weighted by atomic mass is 35.5. The summed E-state index contributed by atoms with van der Waals surface area (Å²) in [6.45, 7) is 2.23. The molecule has 0 aromatic heterocycles. The van der Waals surface area contributed by atoms with Crippen LogP contribution in [0.4, 0.5) is 4.79 Å². The smallest absolute Gasteiger partial charge is 0.407 e. The van der Waals surface area contributed by atoms with E-state index in [2.05, 4.69) is 5.32 Å². The Bertz CT molecular complexity index is 187. The summed E-state index contributed by atoms with van der Waals surface area (Å²) >= 11 is 6.04. The lowest BCUT2D eigenvalue weighted by atomic mass is 10.1. The predicted molar refractivity (Wildman–Crippen MR) is 56.7 cm³/mol. The summed E-state index contributed by atoms with van der Waals surface area (Å²) < 4.78 is 4.83. The zero-order chi connectivity index (χ0) is 10.4. The van der Waals surface area contributed by atoms with Crippen molar-refractivity contribution in [2.24, 2.45) is 0 Å². The molecule has 1 fully saturated rings. The first kappa shape index (κ1) is 11.6. The minimum Gasteiger partial charge on any atom is -0.450 e. The monoisotopic (exact) mass is 219 g/mol. The van der Waals surface area contributed by atoms with Crippen LogP contribution in [0.15, 0.2) is 0 Å². The Hall–Kier alpha value is -0.440. The molecular weight excluding hydrogens is 202 g/mol. The fraction of sp³-hybridized carbons (Fsp3) is 0.900. The van der Waals surface area contributed by atoms with E-state index in [4.69, 9.17) is 16.3 Å². The van der Waals surface area contributed by atoms with Gasteiger partial charge in [0.2, 0.25) is 0 Å². The normalized spacial score (nSPS) is 27.9. The molecule has 0 saturated heterocycles. The zero-order valence-corrected chi connectivity index (χ0v) is 9.35. The molecule has 1 rings (SSSR count). The van der Waals surface area contributed by atoms with Crippen molar-refractivity contribution in [2.75, 3.05) is 6.61 Å². The number of rotatable bonds is 2. The van der Waals surface area contributed by atoms with Gasteiger partial charge in [0, 0.05) is 11.4 Å². The average molecular weight is 220 g/mol. The first-order valence-electron chi connectivity index (χ1n) is 5.29. The number of hydrogen-bond acceptors (Lipinski definition) is 2. The highest BCUT2D eigenvalue weighted by Gasteiger charge is 2.18. The van der Waals surface area contributed by atoms with Crippen molar-refractivity contribution in [3.63, 3.8) is 0 Å². The molecule has 4 heteroatoms. The summed E-state index contributed by atoms with van der Waals surface area (Å²) in [6, 6.07) is 0.248. The van der Waals surface area contributed by atoms with E-state index in [1.54, 1.807) is 0 Å². The van der Waals surface area contributed by atoms with E-state index in [1.807, 2.05) is 6.92 Å². The second-order valence-electron chi connectivity index (χ2n) is 3.67. The molecule has 0 aliphatic heterocycles. The molecule has 0 spiro atoms. The Morgan fingerprint density at radius 3 is 2.93 bits per heavy atom. The van der Waals surface area contributed by atoms with Gasteiger partial charge in [-0.15, -0.1) is 11.6 Å². The fourth-order valence-electron chi connectivity index (χ4n) is 1.74. The van der Waals surface area contributed by atoms with Crippen molar-refractivity contribution in [3.05, 3.63) is 0 Å². The van der Waals surface area contributed by atoms with Crippen LogP contribution in [0.5, 0.6) is 0 Å². The van der Waals surface area contributed by atoms with Crippen molar-refractivity contribution < 1.29 is 9.53 Å². The number of ether oxygens (including phenoxy) is 1. The Morgan fingerprint density at radius 1 is 1.43 bits per heavy atom. The molecule has 1 aliphatic rings. The van der Waals surface area contributed by atoms with Gasteiger partial charge in [0.05, 0.1) is 6.61 Å². The first-order valence-corrected chi connectivity index (χ1v) is 5.73. The SMILES string of the molecule is CCOC(=O)NC1CCCC(Cl)CC1. The topological polar surface area (TPSA) is 38.3 Å². The van der Waals surface area contributed by atoms with Crippen molar-refractivity contribution in [3.8, 4) is 0 Å². The highest BCUT2D eigenvalue weighted by Crippen LogP contribution is 2.21. The van der Waals surface area contributed by atoms with Crippen LogP contribution in [0, 0.1) is 0 Å². The van der Waals surface area contributed by atoms with Crippen LogP contribution < -0.4 is 5.32 Å². The lowest BCUT2D eigenvalue weighted by Gasteiger charge is -2.15. The van der Waals surface area contributed by atoms with E-state index in [1.165, 1.54) is 0 Å². The largest absolute Gasteiger partial charge is 0.450 e. The maximum absolute atomic E-state index is 11.1. The van der Waals surface area contributed by atoms with E-state index < -0.39 is 0 Å². The van der Waals surface area contributed by atoms with Crippen molar-refractivity contribution in [1.29, 1.82) is 0 Å². The van der Waals surface area contributed by atoms with E-state index in [0.717, 1.165) is 32.1 Å². The van der Waals surface area contributed by atoms with Gasteiger partial charge < -0.3 is 10.1 Å². The number of carbonyl (C=O) groups excluding carboxylic acids is 1. The molecule has 1 saturated carbocycles. The fourth-order valence-corrected chi connectivity index (χ4v) is 2.02. The van der Waals surface area contributed by atoms with E-state index in [-0.39, 0.29) is 17.5 Å².